The predicted octanol–water partition coefficient (Wildman–Crippen LogP) is 1.62. The van der Waals surface area contributed by atoms with Crippen molar-refractivity contribution in [2.45, 2.75) is 33.2 Å². The minimum atomic E-state index is -0.757. The van der Waals surface area contributed by atoms with E-state index in [1.807, 2.05) is 4.90 Å². The van der Waals surface area contributed by atoms with Crippen LogP contribution in [0.25, 0.3) is 0 Å². The summed E-state index contributed by atoms with van der Waals surface area (Å²) in [7, 11) is -0.757. The van der Waals surface area contributed by atoms with Crippen molar-refractivity contribution < 1.29 is 9.00 Å². The highest BCUT2D eigenvalue weighted by Gasteiger charge is 2.32. The summed E-state index contributed by atoms with van der Waals surface area (Å²) in [6.45, 7) is 6.95. The highest BCUT2D eigenvalue weighted by Crippen LogP contribution is 2.22. The fourth-order valence-corrected chi connectivity index (χ4v) is 3.53. The van der Waals surface area contributed by atoms with E-state index in [0.29, 0.717) is 18.1 Å². The number of halogens is 1. The van der Waals surface area contributed by atoms with Gasteiger partial charge >= 0.3 is 0 Å². The van der Waals surface area contributed by atoms with Gasteiger partial charge in [-0.05, 0) is 11.8 Å². The Balaban J connectivity index is 2.71. The van der Waals surface area contributed by atoms with Gasteiger partial charge in [0.15, 0.2) is 0 Å². The molecular formula is C11H20ClNO2S. The van der Waals surface area contributed by atoms with Crippen LogP contribution in [0, 0.1) is 5.41 Å². The van der Waals surface area contributed by atoms with E-state index in [1.165, 1.54) is 0 Å². The summed E-state index contributed by atoms with van der Waals surface area (Å²) < 4.78 is 11.4. The molecule has 0 saturated carbocycles. The number of hydrogen-bond acceptors (Lipinski definition) is 2. The van der Waals surface area contributed by atoms with Crippen molar-refractivity contribution >= 4 is 28.3 Å². The van der Waals surface area contributed by atoms with E-state index in [0.717, 1.165) is 6.42 Å². The summed E-state index contributed by atoms with van der Waals surface area (Å²) in [5.41, 5.74) is 0.0474. The number of alkyl halides is 1. The molecule has 2 atom stereocenters. The lowest BCUT2D eigenvalue weighted by atomic mass is 9.95. The molecule has 5 heteroatoms. The first-order valence-electron chi connectivity index (χ1n) is 5.54. The number of carbonyl (C=O) groups excluding carboxylic acids is 1. The van der Waals surface area contributed by atoms with Crippen LogP contribution in [-0.4, -0.2) is 45.0 Å². The highest BCUT2D eigenvalue weighted by atomic mass is 35.5. The van der Waals surface area contributed by atoms with Crippen molar-refractivity contribution in [3.63, 3.8) is 0 Å². The van der Waals surface area contributed by atoms with E-state index in [-0.39, 0.29) is 23.2 Å². The molecule has 0 spiro atoms. The highest BCUT2D eigenvalue weighted by molar-refractivity contribution is 7.85. The quantitative estimate of drug-likeness (QED) is 0.728. The zero-order valence-corrected chi connectivity index (χ0v) is 11.7. The van der Waals surface area contributed by atoms with E-state index in [2.05, 4.69) is 20.8 Å². The van der Waals surface area contributed by atoms with Gasteiger partial charge in [0.05, 0.1) is 0 Å². The van der Waals surface area contributed by atoms with Crippen molar-refractivity contribution in [3.8, 4) is 0 Å². The predicted molar refractivity (Wildman–Crippen MR) is 68.2 cm³/mol. The fourth-order valence-electron chi connectivity index (χ4n) is 1.90. The molecule has 0 radical (unpaired) electrons. The Hall–Kier alpha value is -0.0900. The standard InChI is InChI=1S/C11H20ClNO2S/c1-11(2,3)8-13(10(14)6-12)9-4-5-16(15)7-9/h9H,4-8H2,1-3H3. The lowest BCUT2D eigenvalue weighted by Crippen LogP contribution is -2.45. The van der Waals surface area contributed by atoms with Crippen LogP contribution >= 0.6 is 11.6 Å². The second-order valence-electron chi connectivity index (χ2n) is 5.47. The molecule has 1 aliphatic heterocycles. The summed E-state index contributed by atoms with van der Waals surface area (Å²) >= 11 is 5.62. The Morgan fingerprint density at radius 2 is 2.12 bits per heavy atom. The van der Waals surface area contributed by atoms with Crippen molar-refractivity contribution in [3.05, 3.63) is 0 Å². The zero-order valence-electron chi connectivity index (χ0n) is 10.2. The third kappa shape index (κ3) is 4.06. The summed E-state index contributed by atoms with van der Waals surface area (Å²) in [5.74, 6) is 1.29. The molecule has 0 aromatic heterocycles. The minimum absolute atomic E-state index is 0.0131. The summed E-state index contributed by atoms with van der Waals surface area (Å²) in [4.78, 5) is 13.6. The molecule has 0 N–H and O–H groups in total. The second kappa shape index (κ2) is 5.50. The van der Waals surface area contributed by atoms with Crippen molar-refractivity contribution in [1.29, 1.82) is 0 Å². The monoisotopic (exact) mass is 265 g/mol. The van der Waals surface area contributed by atoms with Gasteiger partial charge in [-0.3, -0.25) is 9.00 Å². The normalized spacial score (nSPS) is 25.8. The number of hydrogen-bond donors (Lipinski definition) is 0. The Labute approximate surface area is 105 Å². The first kappa shape index (κ1) is 14.0. The van der Waals surface area contributed by atoms with Gasteiger partial charge < -0.3 is 4.90 Å². The molecule has 0 aromatic rings. The van der Waals surface area contributed by atoms with E-state index >= 15 is 0 Å². The largest absolute Gasteiger partial charge is 0.337 e. The van der Waals surface area contributed by atoms with Gasteiger partial charge in [-0.25, -0.2) is 0 Å². The average Bonchev–Trinajstić information content (AvgIpc) is 2.58. The fraction of sp³-hybridized carbons (Fsp3) is 0.909. The summed E-state index contributed by atoms with van der Waals surface area (Å²) in [6.07, 6.45) is 0.839. The minimum Gasteiger partial charge on any atom is -0.337 e. The first-order chi connectivity index (χ1) is 7.33. The van der Waals surface area contributed by atoms with Gasteiger partial charge in [-0.2, -0.15) is 0 Å². The molecule has 94 valence electrons. The van der Waals surface area contributed by atoms with Crippen molar-refractivity contribution in [1.82, 2.24) is 4.90 Å². The van der Waals surface area contributed by atoms with Crippen LogP contribution in [0.3, 0.4) is 0 Å². The van der Waals surface area contributed by atoms with Crippen LogP contribution < -0.4 is 0 Å². The Kier molecular flexibility index (Phi) is 4.80. The molecule has 1 fully saturated rings. The van der Waals surface area contributed by atoms with Crippen LogP contribution in [0.15, 0.2) is 0 Å². The first-order valence-corrected chi connectivity index (χ1v) is 7.56. The van der Waals surface area contributed by atoms with Crippen molar-refractivity contribution in [2.75, 3.05) is 23.9 Å². The van der Waals surface area contributed by atoms with Crippen LogP contribution in [0.2, 0.25) is 0 Å². The maximum atomic E-state index is 11.8. The molecule has 0 bridgehead atoms. The maximum absolute atomic E-state index is 11.8. The third-order valence-corrected chi connectivity index (χ3v) is 4.25. The summed E-state index contributed by atoms with van der Waals surface area (Å²) in [6, 6.07) is 0.117. The van der Waals surface area contributed by atoms with Gasteiger partial charge in [-0.15, -0.1) is 11.6 Å². The molecule has 1 saturated heterocycles. The number of nitrogens with zero attached hydrogens (tertiary/aromatic N) is 1. The molecule has 0 aromatic carbocycles. The van der Waals surface area contributed by atoms with Gasteiger partial charge in [0, 0.05) is 34.9 Å². The number of rotatable bonds is 3. The van der Waals surface area contributed by atoms with Crippen LogP contribution in [0.4, 0.5) is 0 Å². The Bertz CT molecular complexity index is 288. The van der Waals surface area contributed by atoms with Gasteiger partial charge in [0.25, 0.3) is 0 Å². The lowest BCUT2D eigenvalue weighted by Gasteiger charge is -2.33. The van der Waals surface area contributed by atoms with E-state index in [1.54, 1.807) is 0 Å². The van der Waals surface area contributed by atoms with Gasteiger partial charge in [0.1, 0.15) is 5.88 Å². The number of carbonyl (C=O) groups is 1. The number of amides is 1. The molecule has 1 aliphatic rings. The van der Waals surface area contributed by atoms with E-state index in [4.69, 9.17) is 11.6 Å². The van der Waals surface area contributed by atoms with Gasteiger partial charge in [-0.1, -0.05) is 20.8 Å². The third-order valence-electron chi connectivity index (χ3n) is 2.58. The smallest absolute Gasteiger partial charge is 0.237 e. The Morgan fingerprint density at radius 3 is 2.50 bits per heavy atom. The van der Waals surface area contributed by atoms with Gasteiger partial charge in [0.2, 0.25) is 5.91 Å². The van der Waals surface area contributed by atoms with Crippen LogP contribution in [0.1, 0.15) is 27.2 Å². The SMILES string of the molecule is CC(C)(C)CN(C(=O)CCl)C1CCS(=O)C1. The molecule has 0 aliphatic carbocycles. The molecule has 2 unspecified atom stereocenters. The molecule has 16 heavy (non-hydrogen) atoms. The molecule has 1 amide bonds. The Morgan fingerprint density at radius 1 is 1.50 bits per heavy atom. The van der Waals surface area contributed by atoms with Crippen molar-refractivity contribution in [2.24, 2.45) is 5.41 Å². The molecule has 3 nitrogen and oxygen atoms in total. The van der Waals surface area contributed by atoms with E-state index in [9.17, 15) is 9.00 Å². The molecule has 1 rings (SSSR count). The molecule has 1 heterocycles. The van der Waals surface area contributed by atoms with Crippen LogP contribution in [-0.2, 0) is 15.6 Å². The maximum Gasteiger partial charge on any atom is 0.237 e. The lowest BCUT2D eigenvalue weighted by molar-refractivity contribution is -0.131. The second-order valence-corrected chi connectivity index (χ2v) is 7.36. The van der Waals surface area contributed by atoms with E-state index < -0.39 is 10.8 Å². The summed E-state index contributed by atoms with van der Waals surface area (Å²) in [5, 5.41) is 0. The zero-order chi connectivity index (χ0) is 12.3. The topological polar surface area (TPSA) is 37.4 Å². The molecular weight excluding hydrogens is 246 g/mol. The van der Waals surface area contributed by atoms with Crippen LogP contribution in [0.5, 0.6) is 0 Å². The average molecular weight is 266 g/mol.